The predicted molar refractivity (Wildman–Crippen MR) is 120 cm³/mol. The summed E-state index contributed by atoms with van der Waals surface area (Å²) in [4.78, 5) is 25.4. The van der Waals surface area contributed by atoms with Crippen LogP contribution in [-0.2, 0) is 27.2 Å². The van der Waals surface area contributed by atoms with Gasteiger partial charge in [0.1, 0.15) is 13.1 Å². The molecule has 9 nitrogen and oxygen atoms in total. The van der Waals surface area contributed by atoms with E-state index in [1.165, 1.54) is 21.3 Å². The molecule has 33 heavy (non-hydrogen) atoms. The van der Waals surface area contributed by atoms with E-state index >= 15 is 0 Å². The van der Waals surface area contributed by atoms with E-state index in [1.807, 2.05) is 12.1 Å². The minimum Gasteiger partial charge on any atom is -0.493 e. The van der Waals surface area contributed by atoms with Gasteiger partial charge in [0.05, 0.1) is 31.9 Å². The van der Waals surface area contributed by atoms with Crippen LogP contribution in [0.4, 0.5) is 0 Å². The Balaban J connectivity index is 2.01. The molecule has 1 aliphatic heterocycles. The number of fused-ring (bicyclic) bond motifs is 2. The summed E-state index contributed by atoms with van der Waals surface area (Å²) in [7, 11) is 4.56. The Kier molecular flexibility index (Phi) is 6.81. The Labute approximate surface area is 190 Å². The average molecular weight is 455 g/mol. The van der Waals surface area contributed by atoms with Gasteiger partial charge in [0.15, 0.2) is 23.0 Å². The number of rotatable bonds is 10. The fraction of sp³-hybridized carbons (Fsp3) is 0.333. The highest BCUT2D eigenvalue weighted by atomic mass is 16.7. The molecule has 0 atom stereocenters. The second kappa shape index (κ2) is 9.93. The molecule has 0 aliphatic carbocycles. The maximum Gasteiger partial charge on any atom is 0.259 e. The number of nitrogens with zero attached hydrogens (tertiary/aromatic N) is 1. The van der Waals surface area contributed by atoms with E-state index in [2.05, 4.69) is 0 Å². The molecule has 174 valence electrons. The Morgan fingerprint density at radius 1 is 1.00 bits per heavy atom. The van der Waals surface area contributed by atoms with Gasteiger partial charge in [0.25, 0.3) is 5.56 Å². The summed E-state index contributed by atoms with van der Waals surface area (Å²) in [5.74, 6) is 2.10. The minimum atomic E-state index is -0.241. The second-order valence-electron chi connectivity index (χ2n) is 7.29. The molecule has 0 N–H and O–H groups in total. The molecule has 2 heterocycles. The molecule has 9 heteroatoms. The van der Waals surface area contributed by atoms with Crippen molar-refractivity contribution < 1.29 is 33.2 Å². The van der Waals surface area contributed by atoms with Crippen LogP contribution in [0.25, 0.3) is 22.0 Å². The molecular weight excluding hydrogens is 430 g/mol. The first-order valence-corrected chi connectivity index (χ1v) is 10.3. The molecular formula is C24H25NO8. The first-order chi connectivity index (χ1) is 16.1. The van der Waals surface area contributed by atoms with Gasteiger partial charge in [0, 0.05) is 25.6 Å². The van der Waals surface area contributed by atoms with Crippen molar-refractivity contribution in [1.29, 1.82) is 0 Å². The average Bonchev–Trinajstić information content (AvgIpc) is 3.31. The van der Waals surface area contributed by atoms with Crippen molar-refractivity contribution in [1.82, 2.24) is 4.57 Å². The lowest BCUT2D eigenvalue weighted by Crippen LogP contribution is -2.26. The van der Waals surface area contributed by atoms with Crippen molar-refractivity contribution in [3.63, 3.8) is 0 Å². The van der Waals surface area contributed by atoms with Gasteiger partial charge >= 0.3 is 0 Å². The topological polar surface area (TPSA) is 94.5 Å². The first kappa shape index (κ1) is 22.6. The van der Waals surface area contributed by atoms with Crippen molar-refractivity contribution in [3.05, 3.63) is 46.2 Å². The van der Waals surface area contributed by atoms with Gasteiger partial charge in [-0.15, -0.1) is 0 Å². The molecule has 0 fully saturated rings. The second-order valence-corrected chi connectivity index (χ2v) is 7.29. The number of carbonyl (C=O) groups excluding carboxylic acids is 1. The summed E-state index contributed by atoms with van der Waals surface area (Å²) in [6.45, 7) is 0.729. The number of aldehydes is 1. The highest BCUT2D eigenvalue weighted by Crippen LogP contribution is 2.39. The zero-order valence-electron chi connectivity index (χ0n) is 18.7. The highest BCUT2D eigenvalue weighted by molar-refractivity contribution is 5.94. The van der Waals surface area contributed by atoms with E-state index in [-0.39, 0.29) is 38.7 Å². The van der Waals surface area contributed by atoms with E-state index in [1.54, 1.807) is 22.8 Å². The fourth-order valence-corrected chi connectivity index (χ4v) is 4.02. The van der Waals surface area contributed by atoms with Crippen LogP contribution in [0.5, 0.6) is 23.0 Å². The van der Waals surface area contributed by atoms with Crippen LogP contribution in [0.2, 0.25) is 0 Å². The summed E-state index contributed by atoms with van der Waals surface area (Å²) in [5.41, 5.74) is 1.77. The molecule has 4 rings (SSSR count). The molecule has 0 amide bonds. The number of methoxy groups -OCH3 is 3. The van der Waals surface area contributed by atoms with Gasteiger partial charge in [0.2, 0.25) is 6.79 Å². The monoisotopic (exact) mass is 455 g/mol. The van der Waals surface area contributed by atoms with E-state index in [4.69, 9.17) is 28.4 Å². The van der Waals surface area contributed by atoms with Crippen LogP contribution in [0.15, 0.2) is 35.1 Å². The van der Waals surface area contributed by atoms with Crippen molar-refractivity contribution in [2.24, 2.45) is 0 Å². The lowest BCUT2D eigenvalue weighted by atomic mass is 9.96. The third-order valence-electron chi connectivity index (χ3n) is 5.47. The van der Waals surface area contributed by atoms with Gasteiger partial charge in [-0.05, 0) is 41.3 Å². The minimum absolute atomic E-state index is 0.0922. The van der Waals surface area contributed by atoms with Gasteiger partial charge in [-0.25, -0.2) is 0 Å². The van der Waals surface area contributed by atoms with Gasteiger partial charge in [-0.2, -0.15) is 0 Å². The first-order valence-electron chi connectivity index (χ1n) is 10.3. The number of hydrogen-bond acceptors (Lipinski definition) is 8. The van der Waals surface area contributed by atoms with Crippen LogP contribution in [0, 0.1) is 0 Å². The van der Waals surface area contributed by atoms with Crippen LogP contribution in [-0.4, -0.2) is 52.4 Å². The predicted octanol–water partition coefficient (Wildman–Crippen LogP) is 2.78. The lowest BCUT2D eigenvalue weighted by molar-refractivity contribution is -0.107. The van der Waals surface area contributed by atoms with Crippen molar-refractivity contribution in [2.75, 3.05) is 41.5 Å². The Hall–Kier alpha value is -3.56. The van der Waals surface area contributed by atoms with E-state index < -0.39 is 0 Å². The standard InChI is InChI=1S/C24H25NO8/c1-28-13-31-9-7-25-23(15-4-5-19-22(10-15)33-14-32-19)16(6-8-26)17-11-20(29-2)21(30-3)12-18(17)24(25)27/h4-5,8,10-12H,6-7,9,13-14H2,1-3H3. The SMILES string of the molecule is COCOCCn1c(-c2ccc3c(c2)OCO3)c(CC=O)c2cc(OC)c(OC)cc2c1=O. The van der Waals surface area contributed by atoms with Crippen LogP contribution in [0.3, 0.4) is 0 Å². The number of ether oxygens (including phenoxy) is 6. The maximum absolute atomic E-state index is 13.7. The van der Waals surface area contributed by atoms with Crippen molar-refractivity contribution >= 4 is 17.1 Å². The largest absolute Gasteiger partial charge is 0.493 e. The van der Waals surface area contributed by atoms with Crippen LogP contribution in [0.1, 0.15) is 5.56 Å². The molecule has 0 saturated heterocycles. The summed E-state index contributed by atoms with van der Waals surface area (Å²) in [6.07, 6.45) is 0.910. The molecule has 3 aromatic rings. The van der Waals surface area contributed by atoms with Crippen LogP contribution < -0.4 is 24.5 Å². The lowest BCUT2D eigenvalue weighted by Gasteiger charge is -2.20. The Morgan fingerprint density at radius 3 is 2.42 bits per heavy atom. The smallest absolute Gasteiger partial charge is 0.259 e. The van der Waals surface area contributed by atoms with E-state index in [0.717, 1.165) is 11.8 Å². The Morgan fingerprint density at radius 2 is 1.73 bits per heavy atom. The highest BCUT2D eigenvalue weighted by Gasteiger charge is 2.22. The third kappa shape index (κ3) is 4.24. The van der Waals surface area contributed by atoms with Crippen LogP contribution >= 0.6 is 0 Å². The number of hydrogen-bond donors (Lipinski definition) is 0. The molecule has 0 spiro atoms. The van der Waals surface area contributed by atoms with Crippen molar-refractivity contribution in [2.45, 2.75) is 13.0 Å². The van der Waals surface area contributed by atoms with Gasteiger partial charge in [-0.1, -0.05) is 0 Å². The fourth-order valence-electron chi connectivity index (χ4n) is 4.02. The van der Waals surface area contributed by atoms with Gasteiger partial charge < -0.3 is 37.8 Å². The summed E-state index contributed by atoms with van der Waals surface area (Å²) >= 11 is 0. The summed E-state index contributed by atoms with van der Waals surface area (Å²) in [5, 5.41) is 1.03. The molecule has 2 aromatic carbocycles. The van der Waals surface area contributed by atoms with Crippen molar-refractivity contribution in [3.8, 4) is 34.3 Å². The van der Waals surface area contributed by atoms with Gasteiger partial charge in [-0.3, -0.25) is 4.79 Å². The zero-order chi connectivity index (χ0) is 23.4. The number of carbonyl (C=O) groups is 1. The third-order valence-corrected chi connectivity index (χ3v) is 5.47. The molecule has 1 aliphatic rings. The molecule has 0 radical (unpaired) electrons. The quantitative estimate of drug-likeness (QED) is 0.262. The zero-order valence-corrected chi connectivity index (χ0v) is 18.7. The number of aromatic nitrogens is 1. The summed E-state index contributed by atoms with van der Waals surface area (Å²) < 4.78 is 33.8. The maximum atomic E-state index is 13.7. The summed E-state index contributed by atoms with van der Waals surface area (Å²) in [6, 6.07) is 8.81. The number of pyridine rings is 1. The molecule has 0 bridgehead atoms. The molecule has 0 unspecified atom stereocenters. The van der Waals surface area contributed by atoms with E-state index in [0.29, 0.717) is 45.0 Å². The molecule has 1 aromatic heterocycles. The normalized spacial score (nSPS) is 12.2. The Bertz CT molecular complexity index is 1230. The number of benzene rings is 2. The van der Waals surface area contributed by atoms with E-state index in [9.17, 15) is 9.59 Å². The molecule has 0 saturated carbocycles.